The molecule has 4 aliphatic carbocycles. The fourth-order valence-electron chi connectivity index (χ4n) is 8.67. The average molecular weight is 510 g/mol. The van der Waals surface area contributed by atoms with Gasteiger partial charge in [-0.05, 0) is 113 Å². The number of ether oxygens (including phenoxy) is 1. The SMILES string of the molecule is CCOC(=O)P(N[C@@H](C)C(=O)O)O[C@@H]1CC[C@@]2(C)[C@@H](CC[C@@H]3[C@@H]2CC[C@]2(C)[C@@H](C(C)=O)CC[C@@H]32)C1. The van der Waals surface area contributed by atoms with Crippen molar-refractivity contribution < 1.29 is 28.8 Å². The van der Waals surface area contributed by atoms with Gasteiger partial charge in [-0.3, -0.25) is 14.7 Å². The van der Waals surface area contributed by atoms with E-state index in [-0.39, 0.29) is 29.5 Å². The van der Waals surface area contributed by atoms with E-state index in [0.29, 0.717) is 29.5 Å². The number of fused-ring (bicyclic) bond motifs is 5. The second-order valence-corrected chi connectivity index (χ2v) is 13.5. The van der Waals surface area contributed by atoms with E-state index in [1.54, 1.807) is 13.8 Å². The molecule has 0 aliphatic heterocycles. The van der Waals surface area contributed by atoms with Gasteiger partial charge in [-0.25, -0.2) is 4.79 Å². The van der Waals surface area contributed by atoms with E-state index in [2.05, 4.69) is 18.9 Å². The van der Waals surface area contributed by atoms with Gasteiger partial charge in [-0.15, -0.1) is 0 Å². The van der Waals surface area contributed by atoms with Crippen LogP contribution in [0.15, 0.2) is 0 Å². The summed E-state index contributed by atoms with van der Waals surface area (Å²) in [6.07, 6.45) is 9.85. The first kappa shape index (κ1) is 27.0. The second kappa shape index (κ2) is 10.4. The van der Waals surface area contributed by atoms with Crippen LogP contribution in [0.3, 0.4) is 0 Å². The first-order valence-corrected chi connectivity index (χ1v) is 14.9. The van der Waals surface area contributed by atoms with Crippen molar-refractivity contribution >= 4 is 25.8 Å². The first-order chi connectivity index (χ1) is 16.5. The number of Topliss-reactive ketones (excluding diaryl/α,β-unsaturated/α-hetero) is 1. The van der Waals surface area contributed by atoms with E-state index in [1.807, 2.05) is 0 Å². The smallest absolute Gasteiger partial charge is 0.370 e. The third-order valence-electron chi connectivity index (χ3n) is 10.5. The van der Waals surface area contributed by atoms with E-state index < -0.39 is 26.0 Å². The van der Waals surface area contributed by atoms with Crippen LogP contribution in [-0.4, -0.2) is 41.3 Å². The molecule has 0 aromatic carbocycles. The molecule has 0 saturated heterocycles. The van der Waals surface area contributed by atoms with Gasteiger partial charge in [0.15, 0.2) is 0 Å². The number of carboxylic acid groups (broad SMARTS) is 1. The maximum absolute atomic E-state index is 12.5. The summed E-state index contributed by atoms with van der Waals surface area (Å²) in [4.78, 5) is 36.3. The highest BCUT2D eigenvalue weighted by Crippen LogP contribution is 2.67. The van der Waals surface area contributed by atoms with Crippen molar-refractivity contribution in [2.75, 3.05) is 6.61 Å². The average Bonchev–Trinajstić information content (AvgIpc) is 3.16. The molecule has 35 heavy (non-hydrogen) atoms. The largest absolute Gasteiger partial charge is 0.480 e. The fourth-order valence-corrected chi connectivity index (χ4v) is 10.1. The van der Waals surface area contributed by atoms with Crippen LogP contribution < -0.4 is 5.09 Å². The van der Waals surface area contributed by atoms with Crippen LogP contribution >= 0.6 is 8.30 Å². The highest BCUT2D eigenvalue weighted by atomic mass is 31.2. The Bertz CT molecular complexity index is 836. The van der Waals surface area contributed by atoms with E-state index >= 15 is 0 Å². The molecule has 8 heteroatoms. The zero-order chi connectivity index (χ0) is 25.5. The maximum Gasteiger partial charge on any atom is 0.370 e. The van der Waals surface area contributed by atoms with Gasteiger partial charge in [-0.2, -0.15) is 0 Å². The van der Waals surface area contributed by atoms with Crippen molar-refractivity contribution in [1.29, 1.82) is 0 Å². The molecule has 0 amide bonds. The summed E-state index contributed by atoms with van der Waals surface area (Å²) in [6.45, 7) is 10.2. The number of aliphatic carboxylic acids is 1. The van der Waals surface area contributed by atoms with E-state index in [4.69, 9.17) is 9.26 Å². The number of hydrogen-bond donors (Lipinski definition) is 2. The Morgan fingerprint density at radius 2 is 1.71 bits per heavy atom. The Kier molecular flexibility index (Phi) is 8.01. The summed E-state index contributed by atoms with van der Waals surface area (Å²) < 4.78 is 11.4. The van der Waals surface area contributed by atoms with Gasteiger partial charge in [0.2, 0.25) is 8.30 Å². The molecule has 10 atom stereocenters. The van der Waals surface area contributed by atoms with E-state index in [0.717, 1.165) is 32.1 Å². The predicted molar refractivity (Wildman–Crippen MR) is 135 cm³/mol. The molecule has 4 fully saturated rings. The fraction of sp³-hybridized carbons (Fsp3) is 0.889. The molecule has 4 saturated carbocycles. The van der Waals surface area contributed by atoms with E-state index in [9.17, 15) is 19.5 Å². The Hall–Kier alpha value is -1.04. The summed E-state index contributed by atoms with van der Waals surface area (Å²) >= 11 is 0. The lowest BCUT2D eigenvalue weighted by Crippen LogP contribution is -2.54. The van der Waals surface area contributed by atoms with E-state index in [1.165, 1.54) is 32.6 Å². The summed E-state index contributed by atoms with van der Waals surface area (Å²) in [5.74, 6) is 2.24. The van der Waals surface area contributed by atoms with Crippen molar-refractivity contribution in [3.8, 4) is 0 Å². The van der Waals surface area contributed by atoms with Crippen LogP contribution in [-0.2, 0) is 18.8 Å². The molecule has 2 N–H and O–H groups in total. The molecule has 198 valence electrons. The molecule has 7 nitrogen and oxygen atoms in total. The van der Waals surface area contributed by atoms with Gasteiger partial charge >= 0.3 is 11.7 Å². The van der Waals surface area contributed by atoms with Gasteiger partial charge in [0.1, 0.15) is 11.8 Å². The number of carboxylic acids is 1. The molecule has 0 heterocycles. The summed E-state index contributed by atoms with van der Waals surface area (Å²) in [5, 5.41) is 12.2. The van der Waals surface area contributed by atoms with Crippen LogP contribution in [0.2, 0.25) is 0 Å². The molecular formula is C27H44NO6P. The highest BCUT2D eigenvalue weighted by Gasteiger charge is 2.61. The Labute approximate surface area is 211 Å². The normalized spacial score (nSPS) is 42.2. The first-order valence-electron chi connectivity index (χ1n) is 13.6. The van der Waals surface area contributed by atoms with Crippen molar-refractivity contribution in [2.45, 2.75) is 105 Å². The summed E-state index contributed by atoms with van der Waals surface area (Å²) in [5.41, 5.74) is -0.0359. The van der Waals surface area contributed by atoms with Crippen LogP contribution in [0, 0.1) is 40.4 Å². The Balaban J connectivity index is 1.44. The van der Waals surface area contributed by atoms with Gasteiger partial charge in [0.25, 0.3) is 0 Å². The van der Waals surface area contributed by atoms with Crippen LogP contribution in [0.4, 0.5) is 4.79 Å². The molecule has 0 spiro atoms. The Morgan fingerprint density at radius 1 is 1.03 bits per heavy atom. The number of rotatable bonds is 8. The molecule has 0 aromatic rings. The number of hydrogen-bond acceptors (Lipinski definition) is 6. The van der Waals surface area contributed by atoms with Crippen molar-refractivity contribution in [2.24, 2.45) is 40.4 Å². The quantitative estimate of drug-likeness (QED) is 0.378. The standard InChI is InChI=1S/C27H44NO6P/c1-6-33-25(32)35(28-16(2)24(30)31)34-19-11-13-26(4)18(15-19)7-8-20-22-10-9-21(17(3)29)27(22,5)14-12-23(20)26/h16,18-23,28H,6-15H2,1-5H3,(H,30,31)/t16-,18-,19+,20-,21+,22-,23-,26-,27+,35?/m0/s1. The lowest BCUT2D eigenvalue weighted by molar-refractivity contribution is -0.138. The van der Waals surface area contributed by atoms with Crippen LogP contribution in [0.5, 0.6) is 0 Å². The molecule has 4 rings (SSSR count). The lowest BCUT2D eigenvalue weighted by Gasteiger charge is -2.61. The van der Waals surface area contributed by atoms with Crippen molar-refractivity contribution in [3.63, 3.8) is 0 Å². The summed E-state index contributed by atoms with van der Waals surface area (Å²) in [7, 11) is -1.83. The predicted octanol–water partition coefficient (Wildman–Crippen LogP) is 6.15. The second-order valence-electron chi connectivity index (χ2n) is 12.1. The minimum Gasteiger partial charge on any atom is -0.480 e. The molecule has 1 unspecified atom stereocenters. The topological polar surface area (TPSA) is 102 Å². The monoisotopic (exact) mass is 509 g/mol. The van der Waals surface area contributed by atoms with Gasteiger partial charge in [-0.1, -0.05) is 13.8 Å². The number of carbonyl (C=O) groups excluding carboxylic acids is 2. The van der Waals surface area contributed by atoms with Gasteiger partial charge in [0.05, 0.1) is 12.7 Å². The number of nitrogens with one attached hydrogen (secondary N) is 1. The molecule has 4 aliphatic rings. The third-order valence-corrected chi connectivity index (χ3v) is 12.1. The van der Waals surface area contributed by atoms with Crippen LogP contribution in [0.1, 0.15) is 92.4 Å². The van der Waals surface area contributed by atoms with Crippen LogP contribution in [0.25, 0.3) is 0 Å². The molecular weight excluding hydrogens is 465 g/mol. The minimum atomic E-state index is -1.83. The molecule has 0 radical (unpaired) electrons. The van der Waals surface area contributed by atoms with Crippen molar-refractivity contribution in [3.05, 3.63) is 0 Å². The molecule has 0 aromatic heterocycles. The Morgan fingerprint density at radius 3 is 2.37 bits per heavy atom. The van der Waals surface area contributed by atoms with Gasteiger partial charge < -0.3 is 14.4 Å². The zero-order valence-corrected chi connectivity index (χ0v) is 22.9. The summed E-state index contributed by atoms with van der Waals surface area (Å²) in [6, 6.07) is -0.878. The van der Waals surface area contributed by atoms with Crippen molar-refractivity contribution in [1.82, 2.24) is 5.09 Å². The lowest BCUT2D eigenvalue weighted by atomic mass is 9.44. The minimum absolute atomic E-state index is 0.0592. The third kappa shape index (κ3) is 4.94. The zero-order valence-electron chi connectivity index (χ0n) is 22.0. The maximum atomic E-state index is 12.5. The number of ketones is 1. The number of carbonyl (C=O) groups is 3. The highest BCUT2D eigenvalue weighted by molar-refractivity contribution is 7.68. The van der Waals surface area contributed by atoms with Gasteiger partial charge in [0, 0.05) is 5.92 Å². The molecule has 0 bridgehead atoms.